The Bertz CT molecular complexity index is 459. The van der Waals surface area contributed by atoms with Crippen LogP contribution in [0.2, 0.25) is 0 Å². The van der Waals surface area contributed by atoms with E-state index in [4.69, 9.17) is 0 Å². The SMILES string of the molecule is CC(C)n1cnnc1CN(C)CCn1cncn1. The van der Waals surface area contributed by atoms with Crippen molar-refractivity contribution in [3.8, 4) is 0 Å². The summed E-state index contributed by atoms with van der Waals surface area (Å²) >= 11 is 0. The Kier molecular flexibility index (Phi) is 4.03. The first-order valence-corrected chi connectivity index (χ1v) is 6.06. The minimum Gasteiger partial charge on any atom is -0.314 e. The van der Waals surface area contributed by atoms with Crippen LogP contribution in [0, 0.1) is 0 Å². The second kappa shape index (κ2) is 5.72. The van der Waals surface area contributed by atoms with Crippen LogP contribution in [0.15, 0.2) is 19.0 Å². The Morgan fingerprint density at radius 3 is 2.83 bits per heavy atom. The van der Waals surface area contributed by atoms with Crippen molar-refractivity contribution >= 4 is 0 Å². The first-order chi connectivity index (χ1) is 8.66. The fourth-order valence-electron chi connectivity index (χ4n) is 1.75. The van der Waals surface area contributed by atoms with Crippen molar-refractivity contribution in [2.24, 2.45) is 0 Å². The number of rotatable bonds is 6. The van der Waals surface area contributed by atoms with E-state index in [9.17, 15) is 0 Å². The molecule has 0 aliphatic carbocycles. The summed E-state index contributed by atoms with van der Waals surface area (Å²) in [4.78, 5) is 6.12. The van der Waals surface area contributed by atoms with Crippen molar-refractivity contribution in [3.05, 3.63) is 24.8 Å². The number of hydrogen-bond acceptors (Lipinski definition) is 5. The second-order valence-electron chi connectivity index (χ2n) is 4.64. The topological polar surface area (TPSA) is 64.7 Å². The van der Waals surface area contributed by atoms with Crippen LogP contribution in [0.4, 0.5) is 0 Å². The molecule has 0 aromatic carbocycles. The van der Waals surface area contributed by atoms with E-state index >= 15 is 0 Å². The molecule has 0 radical (unpaired) electrons. The van der Waals surface area contributed by atoms with Crippen molar-refractivity contribution < 1.29 is 0 Å². The molecular weight excluding hydrogens is 230 g/mol. The minimum atomic E-state index is 0.388. The average Bonchev–Trinajstić information content (AvgIpc) is 2.96. The van der Waals surface area contributed by atoms with Gasteiger partial charge in [0.15, 0.2) is 0 Å². The molecule has 0 bridgehead atoms. The molecule has 2 heterocycles. The maximum Gasteiger partial charge on any atom is 0.147 e. The molecule has 7 nitrogen and oxygen atoms in total. The summed E-state index contributed by atoms with van der Waals surface area (Å²) in [7, 11) is 2.07. The lowest BCUT2D eigenvalue weighted by atomic mass is 10.3. The standard InChI is InChI=1S/C11H19N7/c1-10(2)18-9-13-15-11(18)6-16(3)4-5-17-8-12-7-14-17/h7-10H,4-6H2,1-3H3. The third-order valence-electron chi connectivity index (χ3n) is 2.79. The second-order valence-corrected chi connectivity index (χ2v) is 4.64. The van der Waals surface area contributed by atoms with E-state index < -0.39 is 0 Å². The smallest absolute Gasteiger partial charge is 0.147 e. The molecule has 0 atom stereocenters. The van der Waals surface area contributed by atoms with Crippen LogP contribution < -0.4 is 0 Å². The van der Waals surface area contributed by atoms with Gasteiger partial charge in [0.05, 0.1) is 13.1 Å². The zero-order chi connectivity index (χ0) is 13.0. The molecule has 0 aliphatic heterocycles. The van der Waals surface area contributed by atoms with Gasteiger partial charge in [-0.15, -0.1) is 10.2 Å². The third-order valence-corrected chi connectivity index (χ3v) is 2.79. The summed E-state index contributed by atoms with van der Waals surface area (Å²) in [6, 6.07) is 0.388. The van der Waals surface area contributed by atoms with Gasteiger partial charge < -0.3 is 4.57 Å². The first-order valence-electron chi connectivity index (χ1n) is 6.06. The molecule has 98 valence electrons. The lowest BCUT2D eigenvalue weighted by Crippen LogP contribution is -2.25. The highest BCUT2D eigenvalue weighted by molar-refractivity contribution is 4.87. The van der Waals surface area contributed by atoms with Crippen molar-refractivity contribution in [1.29, 1.82) is 0 Å². The zero-order valence-electron chi connectivity index (χ0n) is 11.1. The van der Waals surface area contributed by atoms with Crippen LogP contribution >= 0.6 is 0 Å². The molecule has 0 saturated carbocycles. The van der Waals surface area contributed by atoms with Gasteiger partial charge >= 0.3 is 0 Å². The fourth-order valence-corrected chi connectivity index (χ4v) is 1.75. The molecule has 18 heavy (non-hydrogen) atoms. The predicted octanol–water partition coefficient (Wildman–Crippen LogP) is 0.582. The maximum absolute atomic E-state index is 4.16. The van der Waals surface area contributed by atoms with Crippen LogP contribution in [0.25, 0.3) is 0 Å². The van der Waals surface area contributed by atoms with E-state index in [1.54, 1.807) is 19.0 Å². The van der Waals surface area contributed by atoms with E-state index in [2.05, 4.69) is 50.6 Å². The highest BCUT2D eigenvalue weighted by atomic mass is 15.3. The van der Waals surface area contributed by atoms with Crippen LogP contribution in [-0.4, -0.2) is 48.0 Å². The van der Waals surface area contributed by atoms with Gasteiger partial charge in [-0.2, -0.15) is 5.10 Å². The molecule has 0 fully saturated rings. The maximum atomic E-state index is 4.16. The Morgan fingerprint density at radius 1 is 1.33 bits per heavy atom. The normalized spacial score (nSPS) is 11.6. The van der Waals surface area contributed by atoms with Crippen molar-refractivity contribution in [3.63, 3.8) is 0 Å². The van der Waals surface area contributed by atoms with E-state index in [0.717, 1.165) is 25.5 Å². The van der Waals surface area contributed by atoms with Gasteiger partial charge in [0.1, 0.15) is 24.8 Å². The molecule has 0 N–H and O–H groups in total. The molecule has 0 saturated heterocycles. The van der Waals surface area contributed by atoms with Gasteiger partial charge in [0.2, 0.25) is 0 Å². The van der Waals surface area contributed by atoms with Gasteiger partial charge in [0.25, 0.3) is 0 Å². The highest BCUT2D eigenvalue weighted by Gasteiger charge is 2.09. The van der Waals surface area contributed by atoms with Crippen LogP contribution in [0.3, 0.4) is 0 Å². The van der Waals surface area contributed by atoms with Gasteiger partial charge in [-0.3, -0.25) is 9.58 Å². The Morgan fingerprint density at radius 2 is 2.17 bits per heavy atom. The van der Waals surface area contributed by atoms with E-state index in [-0.39, 0.29) is 0 Å². The predicted molar refractivity (Wildman–Crippen MR) is 66.8 cm³/mol. The molecule has 2 aromatic rings. The van der Waals surface area contributed by atoms with Crippen molar-refractivity contribution in [2.45, 2.75) is 33.0 Å². The molecular formula is C11H19N7. The highest BCUT2D eigenvalue weighted by Crippen LogP contribution is 2.08. The van der Waals surface area contributed by atoms with Gasteiger partial charge in [-0.25, -0.2) is 4.98 Å². The summed E-state index contributed by atoms with van der Waals surface area (Å²) in [6.45, 7) is 6.76. The summed E-state index contributed by atoms with van der Waals surface area (Å²) in [5.74, 6) is 0.992. The van der Waals surface area contributed by atoms with Crippen LogP contribution in [0.1, 0.15) is 25.7 Å². The molecule has 2 aromatic heterocycles. The molecule has 0 aliphatic rings. The monoisotopic (exact) mass is 249 g/mol. The lowest BCUT2D eigenvalue weighted by Gasteiger charge is -2.17. The van der Waals surface area contributed by atoms with E-state index in [1.807, 2.05) is 4.68 Å². The first kappa shape index (κ1) is 12.7. The summed E-state index contributed by atoms with van der Waals surface area (Å²) in [5, 5.41) is 12.2. The van der Waals surface area contributed by atoms with Crippen molar-refractivity contribution in [1.82, 2.24) is 34.4 Å². The minimum absolute atomic E-state index is 0.388. The zero-order valence-corrected chi connectivity index (χ0v) is 11.1. The quantitative estimate of drug-likeness (QED) is 0.749. The van der Waals surface area contributed by atoms with Gasteiger partial charge in [-0.05, 0) is 20.9 Å². The van der Waals surface area contributed by atoms with Gasteiger partial charge in [-0.1, -0.05) is 0 Å². The number of nitrogens with zero attached hydrogens (tertiary/aromatic N) is 7. The average molecular weight is 249 g/mol. The number of likely N-dealkylation sites (N-methyl/N-ethyl adjacent to an activating group) is 1. The van der Waals surface area contributed by atoms with Crippen LogP contribution in [0.5, 0.6) is 0 Å². The molecule has 2 rings (SSSR count). The number of aromatic nitrogens is 6. The summed E-state index contributed by atoms with van der Waals surface area (Å²) in [6.07, 6.45) is 5.06. The lowest BCUT2D eigenvalue weighted by molar-refractivity contribution is 0.291. The third kappa shape index (κ3) is 3.13. The largest absolute Gasteiger partial charge is 0.314 e. The molecule has 7 heteroatoms. The Hall–Kier alpha value is -1.76. The number of hydrogen-bond donors (Lipinski definition) is 0. The molecule has 0 amide bonds. The van der Waals surface area contributed by atoms with E-state index in [0.29, 0.717) is 6.04 Å². The van der Waals surface area contributed by atoms with Crippen molar-refractivity contribution in [2.75, 3.05) is 13.6 Å². The van der Waals surface area contributed by atoms with Gasteiger partial charge in [0, 0.05) is 12.6 Å². The summed E-state index contributed by atoms with van der Waals surface area (Å²) < 4.78 is 3.91. The molecule has 0 spiro atoms. The Balaban J connectivity index is 1.87. The fraction of sp³-hybridized carbons (Fsp3) is 0.636. The van der Waals surface area contributed by atoms with E-state index in [1.165, 1.54) is 0 Å². The molecule has 0 unspecified atom stereocenters. The van der Waals surface area contributed by atoms with Crippen LogP contribution in [-0.2, 0) is 13.1 Å². The summed E-state index contributed by atoms with van der Waals surface area (Å²) in [5.41, 5.74) is 0. The Labute approximate surface area is 106 Å².